The smallest absolute Gasteiger partial charge is 0.165 e. The van der Waals surface area contributed by atoms with E-state index in [1.807, 2.05) is 12.1 Å². The molecule has 98 valence electrons. The Balaban J connectivity index is 2.09. The van der Waals surface area contributed by atoms with E-state index in [0.29, 0.717) is 5.78 Å². The summed E-state index contributed by atoms with van der Waals surface area (Å²) in [4.78, 5) is 12.5. The highest BCUT2D eigenvalue weighted by molar-refractivity contribution is 5.98. The second-order valence-electron chi connectivity index (χ2n) is 5.50. The molecule has 1 aliphatic carbocycles. The fourth-order valence-corrected chi connectivity index (χ4v) is 2.95. The van der Waals surface area contributed by atoms with Crippen molar-refractivity contribution >= 4 is 5.78 Å². The quantitative estimate of drug-likeness (QED) is 0.549. The van der Waals surface area contributed by atoms with E-state index < -0.39 is 0 Å². The molecule has 1 fully saturated rings. The van der Waals surface area contributed by atoms with Crippen molar-refractivity contribution in [3.05, 3.63) is 35.4 Å². The Hall–Kier alpha value is -1.11. The first-order chi connectivity index (χ1) is 8.81. The van der Waals surface area contributed by atoms with Gasteiger partial charge in [0.25, 0.3) is 0 Å². The van der Waals surface area contributed by atoms with Gasteiger partial charge in [-0.05, 0) is 30.9 Å². The van der Waals surface area contributed by atoms with Crippen molar-refractivity contribution < 1.29 is 4.79 Å². The summed E-state index contributed by atoms with van der Waals surface area (Å²) in [6.07, 6.45) is 9.47. The maximum atomic E-state index is 12.5. The monoisotopic (exact) mass is 244 g/mol. The zero-order valence-corrected chi connectivity index (χ0v) is 11.5. The molecule has 1 saturated carbocycles. The number of benzene rings is 1. The molecule has 0 aliphatic heterocycles. The van der Waals surface area contributed by atoms with Crippen LogP contribution in [0.15, 0.2) is 24.3 Å². The largest absolute Gasteiger partial charge is 0.294 e. The number of hydrogen-bond donors (Lipinski definition) is 0. The SMILES string of the molecule is CCCc1cccc(C(=O)C2CCCCCC2)c1. The third kappa shape index (κ3) is 3.44. The zero-order chi connectivity index (χ0) is 12.8. The Kier molecular flexibility index (Phi) is 4.98. The second-order valence-corrected chi connectivity index (χ2v) is 5.50. The fourth-order valence-electron chi connectivity index (χ4n) is 2.95. The van der Waals surface area contributed by atoms with Crippen molar-refractivity contribution in [2.45, 2.75) is 58.3 Å². The average Bonchev–Trinajstić information content (AvgIpc) is 2.67. The van der Waals surface area contributed by atoms with Gasteiger partial charge in [-0.25, -0.2) is 0 Å². The molecule has 1 aromatic rings. The van der Waals surface area contributed by atoms with Gasteiger partial charge >= 0.3 is 0 Å². The molecule has 0 saturated heterocycles. The number of Topliss-reactive ketones (excluding diaryl/α,β-unsaturated/α-hetero) is 1. The van der Waals surface area contributed by atoms with Gasteiger partial charge in [0.2, 0.25) is 0 Å². The van der Waals surface area contributed by atoms with Crippen molar-refractivity contribution in [1.82, 2.24) is 0 Å². The van der Waals surface area contributed by atoms with Crippen molar-refractivity contribution in [1.29, 1.82) is 0 Å². The predicted octanol–water partition coefficient (Wildman–Crippen LogP) is 4.79. The minimum Gasteiger partial charge on any atom is -0.294 e. The molecule has 0 radical (unpaired) electrons. The molecule has 2 rings (SSSR count). The summed E-state index contributed by atoms with van der Waals surface area (Å²) >= 11 is 0. The van der Waals surface area contributed by atoms with Crippen molar-refractivity contribution in [3.8, 4) is 0 Å². The van der Waals surface area contributed by atoms with E-state index in [0.717, 1.165) is 31.2 Å². The molecule has 1 aliphatic rings. The van der Waals surface area contributed by atoms with Crippen LogP contribution in [0.25, 0.3) is 0 Å². The summed E-state index contributed by atoms with van der Waals surface area (Å²) in [6, 6.07) is 8.27. The molecule has 1 nitrogen and oxygen atoms in total. The van der Waals surface area contributed by atoms with Crippen molar-refractivity contribution in [2.75, 3.05) is 0 Å². The van der Waals surface area contributed by atoms with E-state index in [9.17, 15) is 4.79 Å². The first kappa shape index (κ1) is 13.3. The molecule has 1 heteroatoms. The van der Waals surface area contributed by atoms with Gasteiger partial charge in [0.1, 0.15) is 0 Å². The maximum absolute atomic E-state index is 12.5. The average molecular weight is 244 g/mol. The summed E-state index contributed by atoms with van der Waals surface area (Å²) < 4.78 is 0. The lowest BCUT2D eigenvalue weighted by Gasteiger charge is -2.13. The van der Waals surface area contributed by atoms with Crippen LogP contribution in [0.2, 0.25) is 0 Å². The van der Waals surface area contributed by atoms with Gasteiger partial charge in [0, 0.05) is 11.5 Å². The Labute approximate surface area is 111 Å². The molecule has 0 atom stereocenters. The van der Waals surface area contributed by atoms with Gasteiger partial charge in [-0.1, -0.05) is 57.2 Å². The Morgan fingerprint density at radius 3 is 2.56 bits per heavy atom. The van der Waals surface area contributed by atoms with E-state index in [1.54, 1.807) is 0 Å². The van der Waals surface area contributed by atoms with E-state index in [-0.39, 0.29) is 5.92 Å². The summed E-state index contributed by atoms with van der Waals surface area (Å²) in [5.74, 6) is 0.666. The lowest BCUT2D eigenvalue weighted by Crippen LogP contribution is -2.14. The highest BCUT2D eigenvalue weighted by Gasteiger charge is 2.21. The van der Waals surface area contributed by atoms with Gasteiger partial charge in [0.15, 0.2) is 5.78 Å². The lowest BCUT2D eigenvalue weighted by atomic mass is 9.90. The van der Waals surface area contributed by atoms with E-state index in [1.165, 1.54) is 31.2 Å². The Morgan fingerprint density at radius 1 is 1.17 bits per heavy atom. The molecule has 0 heterocycles. The van der Waals surface area contributed by atoms with Crippen LogP contribution in [0, 0.1) is 5.92 Å². The summed E-state index contributed by atoms with van der Waals surface area (Å²) in [5, 5.41) is 0. The summed E-state index contributed by atoms with van der Waals surface area (Å²) in [5.41, 5.74) is 2.24. The van der Waals surface area contributed by atoms with Crippen LogP contribution in [0.1, 0.15) is 67.8 Å². The highest BCUT2D eigenvalue weighted by Crippen LogP contribution is 2.26. The summed E-state index contributed by atoms with van der Waals surface area (Å²) in [7, 11) is 0. The lowest BCUT2D eigenvalue weighted by molar-refractivity contribution is 0.0908. The molecule has 1 aromatic carbocycles. The van der Waals surface area contributed by atoms with Crippen molar-refractivity contribution in [3.63, 3.8) is 0 Å². The van der Waals surface area contributed by atoms with Crippen LogP contribution in [0.4, 0.5) is 0 Å². The molecule has 0 aromatic heterocycles. The van der Waals surface area contributed by atoms with Crippen molar-refractivity contribution in [2.24, 2.45) is 5.92 Å². The zero-order valence-electron chi connectivity index (χ0n) is 11.5. The first-order valence-electron chi connectivity index (χ1n) is 7.44. The molecule has 18 heavy (non-hydrogen) atoms. The molecular formula is C17H24O. The number of aryl methyl sites for hydroxylation is 1. The fraction of sp³-hybridized carbons (Fsp3) is 0.588. The van der Waals surface area contributed by atoms with Crippen LogP contribution in [-0.2, 0) is 6.42 Å². The number of hydrogen-bond acceptors (Lipinski definition) is 1. The molecular weight excluding hydrogens is 220 g/mol. The molecule has 0 N–H and O–H groups in total. The minimum absolute atomic E-state index is 0.282. The second kappa shape index (κ2) is 6.72. The molecule has 0 unspecified atom stereocenters. The minimum atomic E-state index is 0.282. The normalized spacial score (nSPS) is 17.4. The Bertz CT molecular complexity index is 386. The number of ketones is 1. The first-order valence-corrected chi connectivity index (χ1v) is 7.44. The van der Waals surface area contributed by atoms with Crippen LogP contribution in [0.3, 0.4) is 0 Å². The third-order valence-electron chi connectivity index (χ3n) is 3.98. The standard InChI is InChI=1S/C17H24O/c1-2-8-14-9-7-12-16(13-14)17(18)15-10-5-3-4-6-11-15/h7,9,12-13,15H,2-6,8,10-11H2,1H3. The van der Waals surface area contributed by atoms with Gasteiger partial charge < -0.3 is 0 Å². The molecule has 0 spiro atoms. The Morgan fingerprint density at radius 2 is 1.89 bits per heavy atom. The number of rotatable bonds is 4. The van der Waals surface area contributed by atoms with Crippen LogP contribution < -0.4 is 0 Å². The third-order valence-corrected chi connectivity index (χ3v) is 3.98. The van der Waals surface area contributed by atoms with Gasteiger partial charge in [-0.15, -0.1) is 0 Å². The van der Waals surface area contributed by atoms with Gasteiger partial charge in [0.05, 0.1) is 0 Å². The van der Waals surface area contributed by atoms with E-state index in [4.69, 9.17) is 0 Å². The number of carbonyl (C=O) groups excluding carboxylic acids is 1. The maximum Gasteiger partial charge on any atom is 0.165 e. The van der Waals surface area contributed by atoms with Gasteiger partial charge in [-0.2, -0.15) is 0 Å². The highest BCUT2D eigenvalue weighted by atomic mass is 16.1. The van der Waals surface area contributed by atoms with Crippen LogP contribution in [0.5, 0.6) is 0 Å². The summed E-state index contributed by atoms with van der Waals surface area (Å²) in [6.45, 7) is 2.18. The number of carbonyl (C=O) groups is 1. The van der Waals surface area contributed by atoms with Crippen LogP contribution >= 0.6 is 0 Å². The van der Waals surface area contributed by atoms with E-state index >= 15 is 0 Å². The topological polar surface area (TPSA) is 17.1 Å². The van der Waals surface area contributed by atoms with Gasteiger partial charge in [-0.3, -0.25) is 4.79 Å². The predicted molar refractivity (Wildman–Crippen MR) is 76.0 cm³/mol. The molecule has 0 amide bonds. The molecule has 0 bridgehead atoms. The van der Waals surface area contributed by atoms with Crippen LogP contribution in [-0.4, -0.2) is 5.78 Å². The van der Waals surface area contributed by atoms with E-state index in [2.05, 4.69) is 19.1 Å².